The van der Waals surface area contributed by atoms with Crippen LogP contribution in [-0.4, -0.2) is 56.7 Å². The maximum Gasteiger partial charge on any atom is 0.225 e. The molecule has 2 aromatic heterocycles. The number of rotatable bonds is 21. The summed E-state index contributed by atoms with van der Waals surface area (Å²) in [6.45, 7) is 6.89. The molecule has 200 valence electrons. The van der Waals surface area contributed by atoms with E-state index in [9.17, 15) is 4.57 Å². The lowest BCUT2D eigenvalue weighted by Crippen LogP contribution is -2.17. The van der Waals surface area contributed by atoms with Crippen LogP contribution in [0, 0.1) is 0 Å². The lowest BCUT2D eigenvalue weighted by molar-refractivity contribution is 0.0801. The standard InChI is InChI=1S/C25H46N5O3PS/c1-4-5-6-7-8-9-10-11-12-13-16-35-17-14-15-33-34(3,31)21-32-22(2)18-30-20-29-23-24(26)27-19-28-25(23)30/h19-20,22H,4-18,21H2,1-3H3,(H2,26,27,28)/t22-,34?/m1/s1. The van der Waals surface area contributed by atoms with Gasteiger partial charge in [-0.15, -0.1) is 0 Å². The van der Waals surface area contributed by atoms with E-state index >= 15 is 0 Å². The second-order valence-electron chi connectivity index (χ2n) is 9.43. The third kappa shape index (κ3) is 12.6. The van der Waals surface area contributed by atoms with E-state index in [-0.39, 0.29) is 12.5 Å². The first-order chi connectivity index (χ1) is 16.9. The zero-order valence-electron chi connectivity index (χ0n) is 22.0. The van der Waals surface area contributed by atoms with E-state index in [0.29, 0.717) is 30.1 Å². The lowest BCUT2D eigenvalue weighted by atomic mass is 10.1. The van der Waals surface area contributed by atoms with Gasteiger partial charge in [0.2, 0.25) is 7.37 Å². The SMILES string of the molecule is CCCCCCCCCCCCSCCCOP(C)(=O)CO[C@H](C)Cn1cnc2c(N)ncnc21. The van der Waals surface area contributed by atoms with Crippen molar-refractivity contribution in [3.05, 3.63) is 12.7 Å². The fourth-order valence-electron chi connectivity index (χ4n) is 3.87. The Kier molecular flexibility index (Phi) is 14.9. The second-order valence-corrected chi connectivity index (χ2v) is 13.2. The van der Waals surface area contributed by atoms with Gasteiger partial charge in [-0.1, -0.05) is 64.7 Å². The molecule has 35 heavy (non-hydrogen) atoms. The van der Waals surface area contributed by atoms with Crippen LogP contribution in [0.4, 0.5) is 5.82 Å². The summed E-state index contributed by atoms with van der Waals surface area (Å²) in [7, 11) is -2.78. The summed E-state index contributed by atoms with van der Waals surface area (Å²) in [5.41, 5.74) is 7.08. The Morgan fingerprint density at radius 2 is 1.66 bits per heavy atom. The fourth-order valence-corrected chi connectivity index (χ4v) is 5.92. The molecule has 0 amide bonds. The first kappa shape index (κ1) is 30.1. The van der Waals surface area contributed by atoms with E-state index in [1.165, 1.54) is 76.3 Å². The first-order valence-corrected chi connectivity index (χ1v) is 16.7. The summed E-state index contributed by atoms with van der Waals surface area (Å²) < 4.78 is 26.1. The van der Waals surface area contributed by atoms with Crippen LogP contribution in [0.2, 0.25) is 0 Å². The van der Waals surface area contributed by atoms with Crippen LogP contribution in [0.3, 0.4) is 0 Å². The number of aromatic nitrogens is 4. The molecule has 2 rings (SSSR count). The zero-order valence-corrected chi connectivity index (χ0v) is 23.7. The number of imidazole rings is 1. The number of hydrogen-bond acceptors (Lipinski definition) is 8. The number of nitrogens with two attached hydrogens (primary N) is 1. The van der Waals surface area contributed by atoms with Gasteiger partial charge in [0.15, 0.2) is 11.5 Å². The average molecular weight is 528 g/mol. The number of ether oxygens (including phenoxy) is 1. The van der Waals surface area contributed by atoms with E-state index in [4.69, 9.17) is 15.0 Å². The monoisotopic (exact) mass is 527 g/mol. The molecule has 0 bridgehead atoms. The van der Waals surface area contributed by atoms with Gasteiger partial charge in [0, 0.05) is 6.66 Å². The number of thioether (sulfide) groups is 1. The van der Waals surface area contributed by atoms with E-state index in [2.05, 4.69) is 21.9 Å². The molecule has 2 atom stereocenters. The highest BCUT2D eigenvalue weighted by Gasteiger charge is 2.19. The van der Waals surface area contributed by atoms with Crippen molar-refractivity contribution in [1.82, 2.24) is 19.5 Å². The minimum absolute atomic E-state index is 0.101. The molecule has 0 radical (unpaired) electrons. The van der Waals surface area contributed by atoms with Crippen LogP contribution in [0.1, 0.15) is 84.5 Å². The van der Waals surface area contributed by atoms with Gasteiger partial charge in [-0.05, 0) is 31.3 Å². The highest BCUT2D eigenvalue weighted by atomic mass is 32.2. The van der Waals surface area contributed by atoms with E-state index in [0.717, 1.165) is 12.2 Å². The smallest absolute Gasteiger partial charge is 0.225 e. The second kappa shape index (κ2) is 17.3. The molecule has 1 unspecified atom stereocenters. The third-order valence-corrected chi connectivity index (χ3v) is 8.42. The molecular weight excluding hydrogens is 481 g/mol. The van der Waals surface area contributed by atoms with E-state index in [1.54, 1.807) is 13.0 Å². The molecule has 0 saturated carbocycles. The molecule has 0 aliphatic rings. The van der Waals surface area contributed by atoms with Gasteiger partial charge in [0.25, 0.3) is 0 Å². The summed E-state index contributed by atoms with van der Waals surface area (Å²) in [6.07, 6.45) is 17.7. The number of fused-ring (bicyclic) bond motifs is 1. The molecule has 10 heteroatoms. The molecule has 2 heterocycles. The number of hydrogen-bond donors (Lipinski definition) is 1. The average Bonchev–Trinajstić information content (AvgIpc) is 3.24. The van der Waals surface area contributed by atoms with Crippen molar-refractivity contribution >= 4 is 36.1 Å². The zero-order chi connectivity index (χ0) is 25.4. The van der Waals surface area contributed by atoms with Gasteiger partial charge in [-0.2, -0.15) is 11.8 Å². The predicted molar refractivity (Wildman–Crippen MR) is 148 cm³/mol. The van der Waals surface area contributed by atoms with Crippen molar-refractivity contribution in [2.24, 2.45) is 0 Å². The van der Waals surface area contributed by atoms with Crippen molar-refractivity contribution in [1.29, 1.82) is 0 Å². The molecule has 2 aromatic rings. The van der Waals surface area contributed by atoms with Gasteiger partial charge >= 0.3 is 0 Å². The van der Waals surface area contributed by atoms with Crippen LogP contribution < -0.4 is 5.73 Å². The molecule has 0 fully saturated rings. The van der Waals surface area contributed by atoms with Crippen LogP contribution in [0.15, 0.2) is 12.7 Å². The highest BCUT2D eigenvalue weighted by Crippen LogP contribution is 2.42. The lowest BCUT2D eigenvalue weighted by Gasteiger charge is -2.18. The molecule has 0 saturated heterocycles. The summed E-state index contributed by atoms with van der Waals surface area (Å²) in [5.74, 6) is 2.61. The number of nitrogens with zero attached hydrogens (tertiary/aromatic N) is 4. The molecule has 8 nitrogen and oxygen atoms in total. The molecule has 0 aromatic carbocycles. The van der Waals surface area contributed by atoms with E-state index < -0.39 is 7.37 Å². The van der Waals surface area contributed by atoms with Crippen molar-refractivity contribution in [2.45, 2.75) is 97.1 Å². The van der Waals surface area contributed by atoms with Crippen molar-refractivity contribution in [3.8, 4) is 0 Å². The normalized spacial score (nSPS) is 14.4. The highest BCUT2D eigenvalue weighted by molar-refractivity contribution is 7.99. The number of unbranched alkanes of at least 4 members (excludes halogenated alkanes) is 9. The fraction of sp³-hybridized carbons (Fsp3) is 0.800. The Balaban J connectivity index is 1.46. The van der Waals surface area contributed by atoms with E-state index in [1.807, 2.05) is 23.3 Å². The quantitative estimate of drug-likeness (QED) is 0.141. The minimum Gasteiger partial charge on any atom is -0.382 e. The summed E-state index contributed by atoms with van der Waals surface area (Å²) in [6, 6.07) is 0. The first-order valence-electron chi connectivity index (χ1n) is 13.2. The largest absolute Gasteiger partial charge is 0.382 e. The summed E-state index contributed by atoms with van der Waals surface area (Å²) in [5, 5.41) is 0. The van der Waals surface area contributed by atoms with Gasteiger partial charge in [-0.3, -0.25) is 4.57 Å². The molecule has 2 N–H and O–H groups in total. The van der Waals surface area contributed by atoms with Gasteiger partial charge < -0.3 is 19.6 Å². The Labute approximate surface area is 216 Å². The number of nitrogen functional groups attached to an aromatic ring is 1. The minimum atomic E-state index is -2.78. The molecule has 0 aliphatic heterocycles. The summed E-state index contributed by atoms with van der Waals surface area (Å²) in [4.78, 5) is 12.5. The molecule has 0 spiro atoms. The predicted octanol–water partition coefficient (Wildman–Crippen LogP) is 6.74. The van der Waals surface area contributed by atoms with Crippen LogP contribution >= 0.6 is 19.1 Å². The Hall–Kier alpha value is -1.15. The van der Waals surface area contributed by atoms with Gasteiger partial charge in [0.1, 0.15) is 18.2 Å². The molecule has 0 aliphatic carbocycles. The Morgan fingerprint density at radius 1 is 1.00 bits per heavy atom. The van der Waals surface area contributed by atoms with Gasteiger partial charge in [-0.25, -0.2) is 15.0 Å². The van der Waals surface area contributed by atoms with Crippen LogP contribution in [0.25, 0.3) is 11.2 Å². The van der Waals surface area contributed by atoms with Gasteiger partial charge in [0.05, 0.1) is 25.6 Å². The summed E-state index contributed by atoms with van der Waals surface area (Å²) >= 11 is 1.97. The van der Waals surface area contributed by atoms with Crippen molar-refractivity contribution in [2.75, 3.05) is 36.9 Å². The maximum atomic E-state index is 12.7. The Bertz CT molecular complexity index is 882. The third-order valence-electron chi connectivity index (χ3n) is 5.92. The van der Waals surface area contributed by atoms with Crippen molar-refractivity contribution < 1.29 is 13.8 Å². The number of anilines is 1. The Morgan fingerprint density at radius 3 is 2.37 bits per heavy atom. The maximum absolute atomic E-state index is 12.7. The molecular formula is C25H46N5O3PS. The van der Waals surface area contributed by atoms with Crippen LogP contribution in [-0.2, 0) is 20.4 Å². The topological polar surface area (TPSA) is 105 Å². The van der Waals surface area contributed by atoms with Crippen molar-refractivity contribution in [3.63, 3.8) is 0 Å². The van der Waals surface area contributed by atoms with Crippen LogP contribution in [0.5, 0.6) is 0 Å².